The molecule has 0 atom stereocenters. The zero-order valence-corrected chi connectivity index (χ0v) is 7.61. The fourth-order valence-corrected chi connectivity index (χ4v) is 0.724. The van der Waals surface area contributed by atoms with Gasteiger partial charge in [-0.15, -0.1) is 0 Å². The Bertz CT molecular complexity index is 319. The van der Waals surface area contributed by atoms with Crippen molar-refractivity contribution in [3.8, 4) is 0 Å². The highest BCUT2D eigenvalue weighted by molar-refractivity contribution is 6.02. The summed E-state index contributed by atoms with van der Waals surface area (Å²) in [5.74, 6) is -0.127. The van der Waals surface area contributed by atoms with Crippen LogP contribution >= 0.6 is 0 Å². The Morgan fingerprint density at radius 2 is 2.08 bits per heavy atom. The molecule has 0 spiro atoms. The molecule has 1 aromatic heterocycles. The molecule has 4 heteroatoms. The molecule has 68 valence electrons. The molecule has 0 unspecified atom stereocenters. The summed E-state index contributed by atoms with van der Waals surface area (Å²) in [6, 6.07) is 0. The third kappa shape index (κ3) is 2.66. The summed E-state index contributed by atoms with van der Waals surface area (Å²) in [4.78, 5) is 18.9. The average Bonchev–Trinajstić information content (AvgIpc) is 2.18. The summed E-state index contributed by atoms with van der Waals surface area (Å²) in [5, 5.41) is 2.66. The molecule has 0 bridgehead atoms. The number of amides is 1. The lowest BCUT2D eigenvalue weighted by Gasteiger charge is -2.02. The Hall–Kier alpha value is -1.71. The standard InChI is InChI=1S/C9H11N3O/c1-3-7(2)9(13)12-8-4-10-6-11-5-8/h3-6H,1-2H3,(H,12,13)/b7-3-. The molecule has 1 aromatic rings. The number of allylic oxidation sites excluding steroid dienone is 1. The largest absolute Gasteiger partial charge is 0.320 e. The maximum atomic E-state index is 11.3. The van der Waals surface area contributed by atoms with Crippen molar-refractivity contribution >= 4 is 11.6 Å². The summed E-state index contributed by atoms with van der Waals surface area (Å²) in [5.41, 5.74) is 1.28. The van der Waals surface area contributed by atoms with Crippen molar-refractivity contribution in [1.29, 1.82) is 0 Å². The molecule has 0 aliphatic rings. The first kappa shape index (κ1) is 9.38. The van der Waals surface area contributed by atoms with Crippen LogP contribution in [0.25, 0.3) is 0 Å². The minimum atomic E-state index is -0.127. The molecule has 0 radical (unpaired) electrons. The van der Waals surface area contributed by atoms with Crippen LogP contribution < -0.4 is 5.32 Å². The molecule has 0 fully saturated rings. The lowest BCUT2D eigenvalue weighted by atomic mass is 10.3. The van der Waals surface area contributed by atoms with Gasteiger partial charge in [0.15, 0.2) is 0 Å². The monoisotopic (exact) mass is 177 g/mol. The first-order valence-corrected chi connectivity index (χ1v) is 3.93. The SMILES string of the molecule is C/C=C(/C)C(=O)Nc1cncnc1. The van der Waals surface area contributed by atoms with Gasteiger partial charge in [0, 0.05) is 5.57 Å². The lowest BCUT2D eigenvalue weighted by Crippen LogP contribution is -2.12. The van der Waals surface area contributed by atoms with Crippen LogP contribution in [0.15, 0.2) is 30.4 Å². The normalized spacial score (nSPS) is 11.1. The predicted molar refractivity (Wildman–Crippen MR) is 50.1 cm³/mol. The fourth-order valence-electron chi connectivity index (χ4n) is 0.724. The number of hydrogen-bond acceptors (Lipinski definition) is 3. The van der Waals surface area contributed by atoms with Gasteiger partial charge in [0.2, 0.25) is 0 Å². The molecule has 13 heavy (non-hydrogen) atoms. The molecule has 1 amide bonds. The number of nitrogens with zero attached hydrogens (tertiary/aromatic N) is 2. The zero-order valence-electron chi connectivity index (χ0n) is 7.61. The van der Waals surface area contributed by atoms with Crippen LogP contribution in [0.2, 0.25) is 0 Å². The number of anilines is 1. The molecule has 0 aromatic carbocycles. The van der Waals surface area contributed by atoms with Crippen molar-refractivity contribution in [2.75, 3.05) is 5.32 Å². The van der Waals surface area contributed by atoms with E-state index in [0.717, 1.165) is 0 Å². The molecular formula is C9H11N3O. The van der Waals surface area contributed by atoms with Gasteiger partial charge in [-0.3, -0.25) is 4.79 Å². The van der Waals surface area contributed by atoms with Gasteiger partial charge in [-0.1, -0.05) is 6.08 Å². The third-order valence-corrected chi connectivity index (χ3v) is 1.61. The third-order valence-electron chi connectivity index (χ3n) is 1.61. The predicted octanol–water partition coefficient (Wildman–Crippen LogP) is 1.38. The van der Waals surface area contributed by atoms with Gasteiger partial charge >= 0.3 is 0 Å². The summed E-state index contributed by atoms with van der Waals surface area (Å²) in [6.07, 6.45) is 6.26. The molecule has 0 aliphatic carbocycles. The molecule has 1 rings (SSSR count). The summed E-state index contributed by atoms with van der Waals surface area (Å²) in [6.45, 7) is 3.57. The Labute approximate surface area is 76.7 Å². The second-order valence-corrected chi connectivity index (χ2v) is 2.55. The molecule has 4 nitrogen and oxygen atoms in total. The maximum absolute atomic E-state index is 11.3. The highest BCUT2D eigenvalue weighted by Crippen LogP contribution is 2.03. The Morgan fingerprint density at radius 1 is 1.46 bits per heavy atom. The molecule has 1 N–H and O–H groups in total. The Kier molecular flexibility index (Phi) is 3.14. The topological polar surface area (TPSA) is 54.9 Å². The van der Waals surface area contributed by atoms with Crippen LogP contribution in [0.3, 0.4) is 0 Å². The van der Waals surface area contributed by atoms with E-state index in [9.17, 15) is 4.79 Å². The van der Waals surface area contributed by atoms with E-state index in [1.54, 1.807) is 25.4 Å². The van der Waals surface area contributed by atoms with E-state index in [2.05, 4.69) is 15.3 Å². The maximum Gasteiger partial charge on any atom is 0.251 e. The number of hydrogen-bond donors (Lipinski definition) is 1. The van der Waals surface area contributed by atoms with Crippen molar-refractivity contribution in [1.82, 2.24) is 9.97 Å². The van der Waals surface area contributed by atoms with E-state index >= 15 is 0 Å². The van der Waals surface area contributed by atoms with Crippen LogP contribution in [-0.2, 0) is 4.79 Å². The first-order chi connectivity index (χ1) is 6.24. The van der Waals surface area contributed by atoms with Crippen molar-refractivity contribution in [2.45, 2.75) is 13.8 Å². The van der Waals surface area contributed by atoms with Gasteiger partial charge in [-0.25, -0.2) is 9.97 Å². The molecule has 0 saturated carbocycles. The van der Waals surface area contributed by atoms with Crippen molar-refractivity contribution in [3.05, 3.63) is 30.4 Å². The van der Waals surface area contributed by atoms with E-state index in [1.807, 2.05) is 6.92 Å². The first-order valence-electron chi connectivity index (χ1n) is 3.93. The second-order valence-electron chi connectivity index (χ2n) is 2.55. The van der Waals surface area contributed by atoms with Crippen molar-refractivity contribution in [2.24, 2.45) is 0 Å². The minimum absolute atomic E-state index is 0.127. The van der Waals surface area contributed by atoms with Crippen LogP contribution in [0, 0.1) is 0 Å². The van der Waals surface area contributed by atoms with Crippen molar-refractivity contribution in [3.63, 3.8) is 0 Å². The Balaban J connectivity index is 2.66. The number of carbonyl (C=O) groups excluding carboxylic acids is 1. The van der Waals surface area contributed by atoms with Gasteiger partial charge in [-0.05, 0) is 13.8 Å². The second kappa shape index (κ2) is 4.35. The van der Waals surface area contributed by atoms with E-state index in [-0.39, 0.29) is 5.91 Å². The van der Waals surface area contributed by atoms with Crippen LogP contribution in [-0.4, -0.2) is 15.9 Å². The molecular weight excluding hydrogens is 166 g/mol. The summed E-state index contributed by atoms with van der Waals surface area (Å²) in [7, 11) is 0. The lowest BCUT2D eigenvalue weighted by molar-refractivity contribution is -0.112. The average molecular weight is 177 g/mol. The van der Waals surface area contributed by atoms with E-state index in [1.165, 1.54) is 6.33 Å². The van der Waals surface area contributed by atoms with E-state index in [4.69, 9.17) is 0 Å². The zero-order chi connectivity index (χ0) is 9.68. The van der Waals surface area contributed by atoms with Gasteiger partial charge in [-0.2, -0.15) is 0 Å². The fraction of sp³-hybridized carbons (Fsp3) is 0.222. The number of carbonyl (C=O) groups is 1. The smallest absolute Gasteiger partial charge is 0.251 e. The minimum Gasteiger partial charge on any atom is -0.320 e. The highest BCUT2D eigenvalue weighted by Gasteiger charge is 2.02. The van der Waals surface area contributed by atoms with Gasteiger partial charge < -0.3 is 5.32 Å². The highest BCUT2D eigenvalue weighted by atomic mass is 16.1. The van der Waals surface area contributed by atoms with Crippen LogP contribution in [0.1, 0.15) is 13.8 Å². The summed E-state index contributed by atoms with van der Waals surface area (Å²) < 4.78 is 0. The molecule has 1 heterocycles. The Morgan fingerprint density at radius 3 is 2.62 bits per heavy atom. The molecule has 0 aliphatic heterocycles. The number of rotatable bonds is 2. The molecule has 0 saturated heterocycles. The van der Waals surface area contributed by atoms with Gasteiger partial charge in [0.1, 0.15) is 6.33 Å². The number of nitrogens with one attached hydrogen (secondary N) is 1. The summed E-state index contributed by atoms with van der Waals surface area (Å²) >= 11 is 0. The van der Waals surface area contributed by atoms with Crippen LogP contribution in [0.5, 0.6) is 0 Å². The van der Waals surface area contributed by atoms with E-state index in [0.29, 0.717) is 11.3 Å². The van der Waals surface area contributed by atoms with Gasteiger partial charge in [0.25, 0.3) is 5.91 Å². The van der Waals surface area contributed by atoms with Crippen LogP contribution in [0.4, 0.5) is 5.69 Å². The number of aromatic nitrogens is 2. The quantitative estimate of drug-likeness (QED) is 0.694. The van der Waals surface area contributed by atoms with Gasteiger partial charge in [0.05, 0.1) is 18.1 Å². The van der Waals surface area contributed by atoms with Crippen molar-refractivity contribution < 1.29 is 4.79 Å². The van der Waals surface area contributed by atoms with E-state index < -0.39 is 0 Å².